The van der Waals surface area contributed by atoms with Crippen molar-refractivity contribution >= 4 is 23.7 Å². The molecule has 2 aliphatic rings. The molecular weight excluding hydrogens is 316 g/mol. The highest BCUT2D eigenvalue weighted by atomic mass is 16.4. The molecule has 0 bridgehead atoms. The van der Waals surface area contributed by atoms with Gasteiger partial charge >= 0.3 is 5.97 Å². The number of carbonyl (C=O) groups is 4. The fourth-order valence-corrected chi connectivity index (χ4v) is 3.20. The SMILES string of the molecule is O=C(O)CCc1cccc2c1C(=O)N(C1CCC(=O)NC1=O)C2O. The highest BCUT2D eigenvalue weighted by Gasteiger charge is 2.45. The van der Waals surface area contributed by atoms with E-state index in [1.807, 2.05) is 0 Å². The van der Waals surface area contributed by atoms with E-state index >= 15 is 0 Å². The molecule has 8 nitrogen and oxygen atoms in total. The van der Waals surface area contributed by atoms with Gasteiger partial charge in [0.2, 0.25) is 11.8 Å². The summed E-state index contributed by atoms with van der Waals surface area (Å²) < 4.78 is 0. The van der Waals surface area contributed by atoms with Crippen molar-refractivity contribution in [3.63, 3.8) is 0 Å². The lowest BCUT2D eigenvalue weighted by molar-refractivity contribution is -0.140. The van der Waals surface area contributed by atoms with E-state index in [4.69, 9.17) is 5.11 Å². The molecule has 0 aliphatic carbocycles. The largest absolute Gasteiger partial charge is 0.481 e. The molecule has 1 aromatic carbocycles. The van der Waals surface area contributed by atoms with Crippen LogP contribution >= 0.6 is 0 Å². The lowest BCUT2D eigenvalue weighted by Gasteiger charge is -2.31. The zero-order chi connectivity index (χ0) is 17.4. The lowest BCUT2D eigenvalue weighted by Crippen LogP contribution is -2.53. The van der Waals surface area contributed by atoms with Crippen molar-refractivity contribution in [3.05, 3.63) is 34.9 Å². The maximum absolute atomic E-state index is 12.8. The van der Waals surface area contributed by atoms with E-state index in [0.29, 0.717) is 11.1 Å². The predicted molar refractivity (Wildman–Crippen MR) is 79.7 cm³/mol. The monoisotopic (exact) mass is 332 g/mol. The van der Waals surface area contributed by atoms with E-state index in [-0.39, 0.29) is 31.2 Å². The molecule has 2 aliphatic heterocycles. The lowest BCUT2D eigenvalue weighted by atomic mass is 9.99. The Labute approximate surface area is 137 Å². The first kappa shape index (κ1) is 16.1. The van der Waals surface area contributed by atoms with E-state index < -0.39 is 36.0 Å². The van der Waals surface area contributed by atoms with Crippen LogP contribution in [0.4, 0.5) is 0 Å². The molecule has 0 aromatic heterocycles. The van der Waals surface area contributed by atoms with Crippen LogP contribution in [0.3, 0.4) is 0 Å². The van der Waals surface area contributed by atoms with Crippen LogP contribution in [0.25, 0.3) is 0 Å². The number of aliphatic carboxylic acids is 1. The number of piperidine rings is 1. The number of fused-ring (bicyclic) bond motifs is 1. The molecule has 0 saturated carbocycles. The Hall–Kier alpha value is -2.74. The first-order valence-corrected chi connectivity index (χ1v) is 7.58. The van der Waals surface area contributed by atoms with Gasteiger partial charge in [-0.3, -0.25) is 29.4 Å². The van der Waals surface area contributed by atoms with Gasteiger partial charge in [-0.1, -0.05) is 18.2 Å². The van der Waals surface area contributed by atoms with Gasteiger partial charge in [-0.25, -0.2) is 0 Å². The summed E-state index contributed by atoms with van der Waals surface area (Å²) in [7, 11) is 0. The summed E-state index contributed by atoms with van der Waals surface area (Å²) in [4.78, 5) is 47.9. The van der Waals surface area contributed by atoms with Crippen LogP contribution in [0.2, 0.25) is 0 Å². The third kappa shape index (κ3) is 2.65. The molecule has 1 fully saturated rings. The van der Waals surface area contributed by atoms with Crippen molar-refractivity contribution in [2.75, 3.05) is 0 Å². The van der Waals surface area contributed by atoms with Crippen molar-refractivity contribution in [1.82, 2.24) is 10.2 Å². The number of carboxylic acids is 1. The molecule has 1 saturated heterocycles. The molecule has 2 atom stereocenters. The summed E-state index contributed by atoms with van der Waals surface area (Å²) in [5.41, 5.74) is 1.12. The number of imide groups is 1. The Balaban J connectivity index is 1.92. The Morgan fingerprint density at radius 2 is 2.04 bits per heavy atom. The van der Waals surface area contributed by atoms with Crippen molar-refractivity contribution in [3.8, 4) is 0 Å². The average molecular weight is 332 g/mol. The number of aryl methyl sites for hydroxylation is 1. The maximum Gasteiger partial charge on any atom is 0.303 e. The van der Waals surface area contributed by atoms with Gasteiger partial charge in [0.1, 0.15) is 6.04 Å². The fraction of sp³-hybridized carbons (Fsp3) is 0.375. The number of nitrogens with zero attached hydrogens (tertiary/aromatic N) is 1. The summed E-state index contributed by atoms with van der Waals surface area (Å²) in [6.45, 7) is 0. The molecule has 3 N–H and O–H groups in total. The number of carbonyl (C=O) groups excluding carboxylic acids is 3. The van der Waals surface area contributed by atoms with Gasteiger partial charge in [-0.05, 0) is 18.4 Å². The second kappa shape index (κ2) is 6.04. The number of hydrogen-bond acceptors (Lipinski definition) is 5. The number of carboxylic acid groups (broad SMARTS) is 1. The minimum absolute atomic E-state index is 0.0924. The average Bonchev–Trinajstić information content (AvgIpc) is 2.78. The quantitative estimate of drug-likeness (QED) is 0.664. The van der Waals surface area contributed by atoms with Crippen LogP contribution in [0.15, 0.2) is 18.2 Å². The molecule has 2 unspecified atom stereocenters. The minimum Gasteiger partial charge on any atom is -0.481 e. The van der Waals surface area contributed by atoms with Crippen LogP contribution < -0.4 is 5.32 Å². The second-order valence-corrected chi connectivity index (χ2v) is 5.83. The molecule has 8 heteroatoms. The van der Waals surface area contributed by atoms with Gasteiger partial charge in [0.25, 0.3) is 5.91 Å². The number of amides is 3. The minimum atomic E-state index is -1.29. The molecule has 3 rings (SSSR count). The number of hydrogen-bond donors (Lipinski definition) is 3. The van der Waals surface area contributed by atoms with E-state index in [1.165, 1.54) is 0 Å². The summed E-state index contributed by atoms with van der Waals surface area (Å²) in [5, 5.41) is 21.5. The van der Waals surface area contributed by atoms with Gasteiger partial charge in [0, 0.05) is 18.4 Å². The zero-order valence-corrected chi connectivity index (χ0v) is 12.7. The third-order valence-corrected chi connectivity index (χ3v) is 4.33. The van der Waals surface area contributed by atoms with E-state index in [9.17, 15) is 24.3 Å². The third-order valence-electron chi connectivity index (χ3n) is 4.33. The number of aliphatic hydroxyl groups is 1. The zero-order valence-electron chi connectivity index (χ0n) is 12.7. The molecule has 24 heavy (non-hydrogen) atoms. The Kier molecular flexibility index (Phi) is 4.06. The highest BCUT2D eigenvalue weighted by Crippen LogP contribution is 2.37. The smallest absolute Gasteiger partial charge is 0.303 e. The first-order chi connectivity index (χ1) is 11.4. The van der Waals surface area contributed by atoms with Crippen LogP contribution in [-0.2, 0) is 20.8 Å². The van der Waals surface area contributed by atoms with Gasteiger partial charge in [-0.2, -0.15) is 0 Å². The van der Waals surface area contributed by atoms with Gasteiger partial charge in [0.05, 0.1) is 5.56 Å². The first-order valence-electron chi connectivity index (χ1n) is 7.58. The van der Waals surface area contributed by atoms with Crippen LogP contribution in [0.1, 0.15) is 47.0 Å². The number of aliphatic hydroxyl groups excluding tert-OH is 1. The summed E-state index contributed by atoms with van der Waals surface area (Å²) >= 11 is 0. The molecule has 1 aromatic rings. The molecule has 0 spiro atoms. The maximum atomic E-state index is 12.8. The Morgan fingerprint density at radius 1 is 1.29 bits per heavy atom. The topological polar surface area (TPSA) is 124 Å². The molecule has 0 radical (unpaired) electrons. The number of nitrogens with one attached hydrogen (secondary N) is 1. The molecule has 126 valence electrons. The van der Waals surface area contributed by atoms with Crippen molar-refractivity contribution in [2.24, 2.45) is 0 Å². The number of benzene rings is 1. The summed E-state index contributed by atoms with van der Waals surface area (Å²) in [5.74, 6) is -2.52. The predicted octanol–water partition coefficient (Wildman–Crippen LogP) is -0.0443. The van der Waals surface area contributed by atoms with Crippen LogP contribution in [-0.4, -0.2) is 44.8 Å². The van der Waals surface area contributed by atoms with Crippen LogP contribution in [0.5, 0.6) is 0 Å². The Bertz CT molecular complexity index is 744. The molecule has 3 amide bonds. The molecular formula is C16H16N2O6. The van der Waals surface area contributed by atoms with Gasteiger partial charge in [0.15, 0.2) is 6.23 Å². The Morgan fingerprint density at radius 3 is 2.71 bits per heavy atom. The van der Waals surface area contributed by atoms with E-state index in [1.54, 1.807) is 18.2 Å². The van der Waals surface area contributed by atoms with E-state index in [2.05, 4.69) is 5.32 Å². The van der Waals surface area contributed by atoms with Crippen LogP contribution in [0, 0.1) is 0 Å². The van der Waals surface area contributed by atoms with Gasteiger partial charge in [-0.15, -0.1) is 0 Å². The molecule has 2 heterocycles. The number of rotatable bonds is 4. The fourth-order valence-electron chi connectivity index (χ4n) is 3.20. The second-order valence-electron chi connectivity index (χ2n) is 5.83. The van der Waals surface area contributed by atoms with Crippen molar-refractivity contribution < 1.29 is 29.4 Å². The van der Waals surface area contributed by atoms with Crippen molar-refractivity contribution in [1.29, 1.82) is 0 Å². The highest BCUT2D eigenvalue weighted by molar-refractivity contribution is 6.06. The normalized spacial score (nSPS) is 23.2. The summed E-state index contributed by atoms with van der Waals surface area (Å²) in [6.07, 6.45) is -1.04. The standard InChI is InChI=1S/C16H16N2O6/c19-11-6-5-10(14(22)17-11)18-15(23)9-3-1-2-8(4-7-12(20)21)13(9)16(18)24/h1-3,10,15,23H,4-7H2,(H,20,21)(H,17,19,22). The summed E-state index contributed by atoms with van der Waals surface area (Å²) in [6, 6.07) is 3.93. The van der Waals surface area contributed by atoms with E-state index in [0.717, 1.165) is 4.90 Å². The van der Waals surface area contributed by atoms with Gasteiger partial charge < -0.3 is 10.2 Å². The van der Waals surface area contributed by atoms with Crippen molar-refractivity contribution in [2.45, 2.75) is 38.0 Å².